The first kappa shape index (κ1) is 12.8. The smallest absolute Gasteiger partial charge is 0.219 e. The molecule has 98 valence electrons. The van der Waals surface area contributed by atoms with E-state index in [1.165, 1.54) is 32.1 Å². The number of carbonyl (C=O) groups is 1. The molecular formula is C13H25N3O. The quantitative estimate of drug-likeness (QED) is 0.776. The first-order valence-corrected chi connectivity index (χ1v) is 6.89. The number of nitrogens with zero attached hydrogens (tertiary/aromatic N) is 2. The predicted molar refractivity (Wildman–Crippen MR) is 68.7 cm³/mol. The van der Waals surface area contributed by atoms with Gasteiger partial charge in [0.05, 0.1) is 0 Å². The van der Waals surface area contributed by atoms with Crippen LogP contribution in [0.2, 0.25) is 0 Å². The second-order valence-electron chi connectivity index (χ2n) is 5.48. The molecule has 1 saturated carbocycles. The zero-order valence-corrected chi connectivity index (χ0v) is 11.0. The van der Waals surface area contributed by atoms with Crippen molar-refractivity contribution in [2.75, 3.05) is 32.7 Å². The van der Waals surface area contributed by atoms with Crippen LogP contribution in [-0.2, 0) is 4.79 Å². The largest absolute Gasteiger partial charge is 0.340 e. The summed E-state index contributed by atoms with van der Waals surface area (Å²) in [7, 11) is 0. The number of piperazine rings is 1. The van der Waals surface area contributed by atoms with Gasteiger partial charge in [0, 0.05) is 45.2 Å². The molecule has 0 atom stereocenters. The van der Waals surface area contributed by atoms with Crippen molar-refractivity contribution in [1.29, 1.82) is 0 Å². The predicted octanol–water partition coefficient (Wildman–Crippen LogP) is 0.812. The Morgan fingerprint density at radius 2 is 1.71 bits per heavy atom. The molecule has 1 aliphatic carbocycles. The monoisotopic (exact) mass is 239 g/mol. The highest BCUT2D eigenvalue weighted by Crippen LogP contribution is 2.33. The molecule has 2 rings (SSSR count). The third-order valence-electron chi connectivity index (χ3n) is 4.56. The van der Waals surface area contributed by atoms with E-state index in [0.29, 0.717) is 0 Å². The molecule has 1 heterocycles. The van der Waals surface area contributed by atoms with Gasteiger partial charge in [-0.3, -0.25) is 9.69 Å². The van der Waals surface area contributed by atoms with Crippen LogP contribution in [0.3, 0.4) is 0 Å². The molecule has 2 aliphatic rings. The fourth-order valence-corrected chi connectivity index (χ4v) is 3.36. The Kier molecular flexibility index (Phi) is 4.05. The molecule has 0 bridgehead atoms. The molecule has 0 aromatic carbocycles. The second kappa shape index (κ2) is 5.36. The van der Waals surface area contributed by atoms with Crippen LogP contribution in [0.15, 0.2) is 0 Å². The Balaban J connectivity index is 1.96. The van der Waals surface area contributed by atoms with Crippen molar-refractivity contribution in [3.8, 4) is 0 Å². The van der Waals surface area contributed by atoms with Gasteiger partial charge in [-0.1, -0.05) is 19.3 Å². The highest BCUT2D eigenvalue weighted by molar-refractivity contribution is 5.73. The van der Waals surface area contributed by atoms with Gasteiger partial charge >= 0.3 is 0 Å². The van der Waals surface area contributed by atoms with Gasteiger partial charge in [-0.15, -0.1) is 0 Å². The van der Waals surface area contributed by atoms with Gasteiger partial charge in [-0.2, -0.15) is 0 Å². The highest BCUT2D eigenvalue weighted by atomic mass is 16.2. The third kappa shape index (κ3) is 2.63. The lowest BCUT2D eigenvalue weighted by Gasteiger charge is -2.49. The summed E-state index contributed by atoms with van der Waals surface area (Å²) in [6.07, 6.45) is 6.45. The average molecular weight is 239 g/mol. The Bertz CT molecular complexity index is 266. The molecule has 17 heavy (non-hydrogen) atoms. The first-order valence-electron chi connectivity index (χ1n) is 6.89. The topological polar surface area (TPSA) is 49.6 Å². The van der Waals surface area contributed by atoms with Crippen LogP contribution < -0.4 is 5.73 Å². The Hall–Kier alpha value is -0.610. The summed E-state index contributed by atoms with van der Waals surface area (Å²) in [5.41, 5.74) is 6.28. The Morgan fingerprint density at radius 3 is 2.18 bits per heavy atom. The van der Waals surface area contributed by atoms with Crippen LogP contribution in [0.4, 0.5) is 0 Å². The maximum atomic E-state index is 11.3. The van der Waals surface area contributed by atoms with E-state index in [1.807, 2.05) is 4.90 Å². The summed E-state index contributed by atoms with van der Waals surface area (Å²) in [6.45, 7) is 6.17. The van der Waals surface area contributed by atoms with E-state index in [-0.39, 0.29) is 11.4 Å². The van der Waals surface area contributed by atoms with E-state index in [9.17, 15) is 4.79 Å². The number of amides is 1. The lowest BCUT2D eigenvalue weighted by Crippen LogP contribution is -2.61. The van der Waals surface area contributed by atoms with Crippen molar-refractivity contribution in [1.82, 2.24) is 9.80 Å². The Labute approximate surface area is 104 Å². The van der Waals surface area contributed by atoms with E-state index in [0.717, 1.165) is 32.7 Å². The number of hydrogen-bond donors (Lipinski definition) is 1. The van der Waals surface area contributed by atoms with E-state index < -0.39 is 0 Å². The molecule has 2 N–H and O–H groups in total. The number of rotatable bonds is 2. The van der Waals surface area contributed by atoms with Gasteiger partial charge in [-0.25, -0.2) is 0 Å². The normalized spacial score (nSPS) is 25.9. The molecule has 4 nitrogen and oxygen atoms in total. The summed E-state index contributed by atoms with van der Waals surface area (Å²) in [5.74, 6) is 0.204. The van der Waals surface area contributed by atoms with Crippen LogP contribution in [-0.4, -0.2) is 54.0 Å². The summed E-state index contributed by atoms with van der Waals surface area (Å²) in [5, 5.41) is 0. The second-order valence-corrected chi connectivity index (χ2v) is 5.48. The first-order chi connectivity index (χ1) is 8.18. The standard InChI is InChI=1S/C13H25N3O/c1-12(17)15-7-9-16(10-8-15)13(11-14)5-3-2-4-6-13/h2-11,14H2,1H3. The molecule has 0 aromatic rings. The minimum absolute atomic E-state index is 0.204. The molecule has 4 heteroatoms. The number of hydrogen-bond acceptors (Lipinski definition) is 3. The van der Waals surface area contributed by atoms with E-state index >= 15 is 0 Å². The lowest BCUT2D eigenvalue weighted by molar-refractivity contribution is -0.131. The van der Waals surface area contributed by atoms with Crippen molar-refractivity contribution in [2.24, 2.45) is 5.73 Å². The van der Waals surface area contributed by atoms with E-state index in [1.54, 1.807) is 6.92 Å². The van der Waals surface area contributed by atoms with Gasteiger partial charge in [0.15, 0.2) is 0 Å². The Morgan fingerprint density at radius 1 is 1.12 bits per heavy atom. The van der Waals surface area contributed by atoms with Gasteiger partial charge in [-0.05, 0) is 12.8 Å². The van der Waals surface area contributed by atoms with Crippen molar-refractivity contribution in [3.63, 3.8) is 0 Å². The van der Waals surface area contributed by atoms with E-state index in [4.69, 9.17) is 5.73 Å². The van der Waals surface area contributed by atoms with Gasteiger partial charge in [0.25, 0.3) is 0 Å². The maximum absolute atomic E-state index is 11.3. The maximum Gasteiger partial charge on any atom is 0.219 e. The van der Waals surface area contributed by atoms with Crippen LogP contribution >= 0.6 is 0 Å². The zero-order chi connectivity index (χ0) is 12.3. The van der Waals surface area contributed by atoms with Crippen LogP contribution in [0, 0.1) is 0 Å². The molecule has 0 unspecified atom stereocenters. The molecular weight excluding hydrogens is 214 g/mol. The lowest BCUT2D eigenvalue weighted by atomic mass is 9.80. The van der Waals surface area contributed by atoms with Gasteiger partial charge < -0.3 is 10.6 Å². The van der Waals surface area contributed by atoms with Crippen LogP contribution in [0.1, 0.15) is 39.0 Å². The van der Waals surface area contributed by atoms with Crippen molar-refractivity contribution < 1.29 is 4.79 Å². The molecule has 1 amide bonds. The summed E-state index contributed by atoms with van der Waals surface area (Å²) in [6, 6.07) is 0. The number of nitrogens with two attached hydrogens (primary N) is 1. The summed E-state index contributed by atoms with van der Waals surface area (Å²) in [4.78, 5) is 15.8. The highest BCUT2D eigenvalue weighted by Gasteiger charge is 2.38. The fraction of sp³-hybridized carbons (Fsp3) is 0.923. The molecule has 2 fully saturated rings. The van der Waals surface area contributed by atoms with Crippen LogP contribution in [0.25, 0.3) is 0 Å². The molecule has 1 aliphatic heterocycles. The SMILES string of the molecule is CC(=O)N1CCN(C2(CN)CCCCC2)CC1. The van der Waals surface area contributed by atoms with Gasteiger partial charge in [0.1, 0.15) is 0 Å². The summed E-state index contributed by atoms with van der Waals surface area (Å²) < 4.78 is 0. The van der Waals surface area contributed by atoms with Crippen molar-refractivity contribution >= 4 is 5.91 Å². The molecule has 0 spiro atoms. The van der Waals surface area contributed by atoms with Crippen molar-refractivity contribution in [2.45, 2.75) is 44.6 Å². The fourth-order valence-electron chi connectivity index (χ4n) is 3.36. The number of carbonyl (C=O) groups excluding carboxylic acids is 1. The third-order valence-corrected chi connectivity index (χ3v) is 4.56. The molecule has 1 saturated heterocycles. The van der Waals surface area contributed by atoms with Crippen LogP contribution in [0.5, 0.6) is 0 Å². The minimum Gasteiger partial charge on any atom is -0.340 e. The molecule has 0 radical (unpaired) electrons. The molecule has 0 aromatic heterocycles. The van der Waals surface area contributed by atoms with Gasteiger partial charge in [0.2, 0.25) is 5.91 Å². The summed E-state index contributed by atoms with van der Waals surface area (Å²) >= 11 is 0. The van der Waals surface area contributed by atoms with E-state index in [2.05, 4.69) is 4.90 Å². The average Bonchev–Trinajstić information content (AvgIpc) is 2.39. The van der Waals surface area contributed by atoms with Crippen molar-refractivity contribution in [3.05, 3.63) is 0 Å². The minimum atomic E-state index is 0.204. The zero-order valence-electron chi connectivity index (χ0n) is 11.0.